The van der Waals surface area contributed by atoms with E-state index in [4.69, 9.17) is 16.3 Å². The van der Waals surface area contributed by atoms with Crippen LogP contribution in [0.2, 0.25) is 5.28 Å². The summed E-state index contributed by atoms with van der Waals surface area (Å²) in [6.07, 6.45) is -4.39. The van der Waals surface area contributed by atoms with Gasteiger partial charge >= 0.3 is 12.2 Å². The minimum Gasteiger partial charge on any atom is -0.467 e. The lowest BCUT2D eigenvalue weighted by molar-refractivity contribution is -0.137. The first-order valence-electron chi connectivity index (χ1n) is 5.45. The number of benzene rings is 1. The number of hydrogen-bond donors (Lipinski definition) is 0. The summed E-state index contributed by atoms with van der Waals surface area (Å²) < 4.78 is 42.7. The van der Waals surface area contributed by atoms with Crippen molar-refractivity contribution in [2.24, 2.45) is 0 Å². The number of ether oxygens (including phenoxy) is 1. The molecular weight excluding hydrogens is 295 g/mol. The second-order valence-corrected chi connectivity index (χ2v) is 4.28. The molecule has 0 radical (unpaired) electrons. The van der Waals surface area contributed by atoms with Crippen LogP contribution in [0.1, 0.15) is 11.1 Å². The van der Waals surface area contributed by atoms with Crippen LogP contribution in [0.5, 0.6) is 6.01 Å². The zero-order valence-electron chi connectivity index (χ0n) is 10.5. The zero-order chi connectivity index (χ0) is 14.9. The van der Waals surface area contributed by atoms with Crippen molar-refractivity contribution < 1.29 is 17.9 Å². The van der Waals surface area contributed by atoms with E-state index in [2.05, 4.69) is 15.0 Å². The van der Waals surface area contributed by atoms with Crippen LogP contribution in [0.15, 0.2) is 18.2 Å². The van der Waals surface area contributed by atoms with Crippen molar-refractivity contribution in [1.29, 1.82) is 0 Å². The predicted octanol–water partition coefficient (Wildman–Crippen LogP) is 3.53. The Labute approximate surface area is 117 Å². The minimum atomic E-state index is -4.39. The fraction of sp³-hybridized carbons (Fsp3) is 0.250. The van der Waals surface area contributed by atoms with E-state index < -0.39 is 11.7 Å². The topological polar surface area (TPSA) is 47.9 Å². The molecule has 20 heavy (non-hydrogen) atoms. The van der Waals surface area contributed by atoms with Crippen molar-refractivity contribution in [3.63, 3.8) is 0 Å². The van der Waals surface area contributed by atoms with Gasteiger partial charge in [0.1, 0.15) is 0 Å². The normalized spacial score (nSPS) is 11.5. The largest absolute Gasteiger partial charge is 0.467 e. The quantitative estimate of drug-likeness (QED) is 0.851. The molecule has 2 aromatic rings. The molecule has 0 fully saturated rings. The van der Waals surface area contributed by atoms with Crippen molar-refractivity contribution in [2.45, 2.75) is 13.1 Å². The van der Waals surface area contributed by atoms with Crippen LogP contribution in [-0.2, 0) is 6.18 Å². The first kappa shape index (κ1) is 14.5. The van der Waals surface area contributed by atoms with Gasteiger partial charge in [-0.2, -0.15) is 28.1 Å². The molecule has 1 aromatic heterocycles. The van der Waals surface area contributed by atoms with Gasteiger partial charge in [-0.15, -0.1) is 0 Å². The average Bonchev–Trinajstić information content (AvgIpc) is 2.36. The van der Waals surface area contributed by atoms with E-state index in [1.807, 2.05) is 0 Å². The standard InChI is InChI=1S/C12H9ClF3N3O/c1-6-5-7(12(14,15)16)3-4-8(6)9-17-10(13)19-11(18-9)20-2/h3-5H,1-2H3. The molecule has 1 heterocycles. The summed E-state index contributed by atoms with van der Waals surface area (Å²) in [6, 6.07) is 3.29. The number of rotatable bonds is 2. The maximum absolute atomic E-state index is 12.6. The molecule has 0 aliphatic carbocycles. The highest BCUT2D eigenvalue weighted by molar-refractivity contribution is 6.28. The maximum Gasteiger partial charge on any atom is 0.416 e. The van der Waals surface area contributed by atoms with Gasteiger partial charge in [-0.1, -0.05) is 6.07 Å². The van der Waals surface area contributed by atoms with Gasteiger partial charge in [0.05, 0.1) is 12.7 Å². The molecule has 4 nitrogen and oxygen atoms in total. The smallest absolute Gasteiger partial charge is 0.416 e. The van der Waals surface area contributed by atoms with Crippen LogP contribution in [-0.4, -0.2) is 22.1 Å². The summed E-state index contributed by atoms with van der Waals surface area (Å²) in [5.41, 5.74) is 0.0793. The Kier molecular flexibility index (Phi) is 3.80. The van der Waals surface area contributed by atoms with Crippen LogP contribution in [0.25, 0.3) is 11.4 Å². The van der Waals surface area contributed by atoms with Gasteiger partial charge in [-0.3, -0.25) is 0 Å². The number of alkyl halides is 3. The van der Waals surface area contributed by atoms with Crippen molar-refractivity contribution in [1.82, 2.24) is 15.0 Å². The molecule has 0 atom stereocenters. The summed E-state index contributed by atoms with van der Waals surface area (Å²) in [5, 5.41) is -0.0915. The van der Waals surface area contributed by atoms with Crippen molar-refractivity contribution in [3.8, 4) is 17.4 Å². The molecule has 0 amide bonds. The van der Waals surface area contributed by atoms with Crippen LogP contribution < -0.4 is 4.74 Å². The number of methoxy groups -OCH3 is 1. The highest BCUT2D eigenvalue weighted by Gasteiger charge is 2.30. The Balaban J connectivity index is 2.51. The van der Waals surface area contributed by atoms with Gasteiger partial charge in [-0.25, -0.2) is 0 Å². The molecule has 0 N–H and O–H groups in total. The molecule has 0 aliphatic rings. The summed E-state index contributed by atoms with van der Waals surface area (Å²) >= 11 is 5.71. The third-order valence-electron chi connectivity index (χ3n) is 2.56. The minimum absolute atomic E-state index is 0.000650. The molecule has 8 heteroatoms. The SMILES string of the molecule is COc1nc(Cl)nc(-c2ccc(C(F)(F)F)cc2C)n1. The lowest BCUT2D eigenvalue weighted by Crippen LogP contribution is -2.06. The van der Waals surface area contributed by atoms with E-state index in [1.54, 1.807) is 0 Å². The number of hydrogen-bond acceptors (Lipinski definition) is 4. The Hall–Kier alpha value is -1.89. The monoisotopic (exact) mass is 303 g/mol. The molecule has 0 bridgehead atoms. The van der Waals surface area contributed by atoms with Gasteiger partial charge < -0.3 is 4.74 Å². The molecule has 0 saturated heterocycles. The third kappa shape index (κ3) is 2.98. The van der Waals surface area contributed by atoms with Crippen LogP contribution in [0, 0.1) is 6.92 Å². The molecule has 0 saturated carbocycles. The van der Waals surface area contributed by atoms with E-state index in [0.717, 1.165) is 12.1 Å². The van der Waals surface area contributed by atoms with Crippen molar-refractivity contribution in [3.05, 3.63) is 34.6 Å². The highest BCUT2D eigenvalue weighted by atomic mass is 35.5. The molecule has 0 aliphatic heterocycles. The Morgan fingerprint density at radius 3 is 2.40 bits per heavy atom. The highest BCUT2D eigenvalue weighted by Crippen LogP contribution is 2.32. The van der Waals surface area contributed by atoms with Gasteiger partial charge in [0.15, 0.2) is 5.82 Å². The van der Waals surface area contributed by atoms with Gasteiger partial charge in [0, 0.05) is 5.56 Å². The first-order chi connectivity index (χ1) is 9.31. The second-order valence-electron chi connectivity index (χ2n) is 3.94. The number of halogens is 4. The number of aromatic nitrogens is 3. The average molecular weight is 304 g/mol. The summed E-state index contributed by atoms with van der Waals surface area (Å²) in [6.45, 7) is 1.54. The summed E-state index contributed by atoms with van der Waals surface area (Å²) in [4.78, 5) is 11.6. The Morgan fingerprint density at radius 1 is 1.15 bits per heavy atom. The van der Waals surface area contributed by atoms with E-state index in [0.29, 0.717) is 11.1 Å². The fourth-order valence-electron chi connectivity index (χ4n) is 1.63. The fourth-order valence-corrected chi connectivity index (χ4v) is 1.79. The van der Waals surface area contributed by atoms with E-state index in [-0.39, 0.29) is 17.1 Å². The van der Waals surface area contributed by atoms with Gasteiger partial charge in [0.25, 0.3) is 0 Å². The second kappa shape index (κ2) is 5.24. The van der Waals surface area contributed by atoms with Crippen LogP contribution in [0.4, 0.5) is 13.2 Å². The van der Waals surface area contributed by atoms with Crippen molar-refractivity contribution >= 4 is 11.6 Å². The predicted molar refractivity (Wildman–Crippen MR) is 66.6 cm³/mol. The van der Waals surface area contributed by atoms with Gasteiger partial charge in [-0.05, 0) is 36.2 Å². The van der Waals surface area contributed by atoms with Crippen LogP contribution >= 0.6 is 11.6 Å². The molecule has 106 valence electrons. The lowest BCUT2D eigenvalue weighted by atomic mass is 10.0. The molecule has 0 unspecified atom stereocenters. The first-order valence-corrected chi connectivity index (χ1v) is 5.83. The Bertz CT molecular complexity index is 646. The van der Waals surface area contributed by atoms with E-state index >= 15 is 0 Å². The van der Waals surface area contributed by atoms with E-state index in [1.165, 1.54) is 20.1 Å². The van der Waals surface area contributed by atoms with Gasteiger partial charge in [0.2, 0.25) is 5.28 Å². The molecule has 0 spiro atoms. The summed E-state index contributed by atoms with van der Waals surface area (Å²) in [5.74, 6) is 0.160. The Morgan fingerprint density at radius 2 is 1.85 bits per heavy atom. The molecule has 2 rings (SSSR count). The zero-order valence-corrected chi connectivity index (χ0v) is 11.2. The number of aryl methyl sites for hydroxylation is 1. The lowest BCUT2D eigenvalue weighted by Gasteiger charge is -2.10. The maximum atomic E-state index is 12.6. The molecular formula is C12H9ClF3N3O. The number of nitrogens with zero attached hydrogens (tertiary/aromatic N) is 3. The van der Waals surface area contributed by atoms with Crippen molar-refractivity contribution in [2.75, 3.05) is 7.11 Å². The van der Waals surface area contributed by atoms with E-state index in [9.17, 15) is 13.2 Å². The molecule has 1 aromatic carbocycles. The summed E-state index contributed by atoms with van der Waals surface area (Å²) in [7, 11) is 1.36. The third-order valence-corrected chi connectivity index (χ3v) is 2.73. The van der Waals surface area contributed by atoms with Crippen LogP contribution in [0.3, 0.4) is 0 Å².